The predicted octanol–water partition coefficient (Wildman–Crippen LogP) is 2.10. The minimum atomic E-state index is -0.387. The fourth-order valence-electron chi connectivity index (χ4n) is 1.74. The van der Waals surface area contributed by atoms with E-state index in [9.17, 15) is 14.3 Å². The summed E-state index contributed by atoms with van der Waals surface area (Å²) in [6, 6.07) is 3.62. The van der Waals surface area contributed by atoms with Crippen molar-refractivity contribution in [2.24, 2.45) is 0 Å². The number of hydrogen-bond donors (Lipinski definition) is 3. The first-order valence-corrected chi connectivity index (χ1v) is 6.53. The van der Waals surface area contributed by atoms with Crippen LogP contribution in [-0.2, 0) is 4.79 Å². The Morgan fingerprint density at radius 3 is 2.84 bits per heavy atom. The molecule has 1 rings (SSSR count). The SMILES string of the molecule is CCCNC(=O)CCNC(C)c1cc(F)ccc1O. The number of hydrogen-bond acceptors (Lipinski definition) is 3. The molecule has 106 valence electrons. The number of nitrogens with one attached hydrogen (secondary N) is 2. The summed E-state index contributed by atoms with van der Waals surface area (Å²) in [5, 5.41) is 15.5. The van der Waals surface area contributed by atoms with Gasteiger partial charge in [-0.15, -0.1) is 0 Å². The summed E-state index contributed by atoms with van der Waals surface area (Å²) in [6.07, 6.45) is 1.27. The molecular formula is C14H21FN2O2. The molecule has 0 aliphatic carbocycles. The van der Waals surface area contributed by atoms with Crippen molar-refractivity contribution in [3.63, 3.8) is 0 Å². The van der Waals surface area contributed by atoms with Gasteiger partial charge in [-0.05, 0) is 31.5 Å². The smallest absolute Gasteiger partial charge is 0.221 e. The molecule has 0 heterocycles. The summed E-state index contributed by atoms with van der Waals surface area (Å²) in [5.74, 6) is -0.344. The maximum Gasteiger partial charge on any atom is 0.221 e. The zero-order valence-electron chi connectivity index (χ0n) is 11.4. The van der Waals surface area contributed by atoms with Gasteiger partial charge in [0.05, 0.1) is 0 Å². The second kappa shape index (κ2) is 7.74. The molecule has 1 aromatic rings. The number of halogens is 1. The Morgan fingerprint density at radius 2 is 2.16 bits per heavy atom. The maximum absolute atomic E-state index is 13.1. The molecule has 4 nitrogen and oxygen atoms in total. The molecule has 0 aliphatic rings. The van der Waals surface area contributed by atoms with Gasteiger partial charge in [-0.3, -0.25) is 4.79 Å². The number of carbonyl (C=O) groups is 1. The predicted molar refractivity (Wildman–Crippen MR) is 72.4 cm³/mol. The number of aromatic hydroxyl groups is 1. The van der Waals surface area contributed by atoms with Crippen LogP contribution in [0.25, 0.3) is 0 Å². The molecular weight excluding hydrogens is 247 g/mol. The molecule has 0 saturated heterocycles. The van der Waals surface area contributed by atoms with E-state index in [0.29, 0.717) is 25.1 Å². The fourth-order valence-corrected chi connectivity index (χ4v) is 1.74. The molecule has 0 radical (unpaired) electrons. The van der Waals surface area contributed by atoms with Gasteiger partial charge in [0.1, 0.15) is 11.6 Å². The van der Waals surface area contributed by atoms with Crippen molar-refractivity contribution >= 4 is 5.91 Å². The van der Waals surface area contributed by atoms with Gasteiger partial charge in [0.15, 0.2) is 0 Å². The van der Waals surface area contributed by atoms with Crippen LogP contribution in [0.15, 0.2) is 18.2 Å². The Labute approximate surface area is 113 Å². The summed E-state index contributed by atoms with van der Waals surface area (Å²) in [4.78, 5) is 11.4. The van der Waals surface area contributed by atoms with Crippen LogP contribution in [0.2, 0.25) is 0 Å². The highest BCUT2D eigenvalue weighted by Crippen LogP contribution is 2.24. The highest BCUT2D eigenvalue weighted by Gasteiger charge is 2.11. The van der Waals surface area contributed by atoms with Crippen LogP contribution in [0.1, 0.15) is 38.3 Å². The molecule has 1 unspecified atom stereocenters. The van der Waals surface area contributed by atoms with E-state index >= 15 is 0 Å². The van der Waals surface area contributed by atoms with Crippen molar-refractivity contribution in [2.45, 2.75) is 32.7 Å². The number of phenols is 1. The molecule has 5 heteroatoms. The maximum atomic E-state index is 13.1. The third kappa shape index (κ3) is 5.26. The van der Waals surface area contributed by atoms with Crippen LogP contribution < -0.4 is 10.6 Å². The summed E-state index contributed by atoms with van der Waals surface area (Å²) >= 11 is 0. The molecule has 19 heavy (non-hydrogen) atoms. The van der Waals surface area contributed by atoms with Gasteiger partial charge in [-0.1, -0.05) is 6.92 Å². The number of benzene rings is 1. The largest absolute Gasteiger partial charge is 0.508 e. The molecule has 0 aliphatic heterocycles. The van der Waals surface area contributed by atoms with Gasteiger partial charge in [0.2, 0.25) is 5.91 Å². The molecule has 1 amide bonds. The molecule has 1 aromatic carbocycles. The quantitative estimate of drug-likeness (QED) is 0.709. The number of amides is 1. The Balaban J connectivity index is 2.41. The summed E-state index contributed by atoms with van der Waals surface area (Å²) in [6.45, 7) is 4.97. The standard InChI is InChI=1S/C14H21FN2O2/c1-3-7-17-14(19)6-8-16-10(2)12-9-11(15)4-5-13(12)18/h4-5,9-10,16,18H,3,6-8H2,1-2H3,(H,17,19). The van der Waals surface area contributed by atoms with Gasteiger partial charge < -0.3 is 15.7 Å². The summed E-state index contributed by atoms with van der Waals surface area (Å²) in [5.41, 5.74) is 0.494. The molecule has 0 fully saturated rings. The number of carbonyl (C=O) groups excluding carboxylic acids is 1. The van der Waals surface area contributed by atoms with Crippen molar-refractivity contribution in [1.82, 2.24) is 10.6 Å². The van der Waals surface area contributed by atoms with E-state index in [1.54, 1.807) is 0 Å². The van der Waals surface area contributed by atoms with Crippen molar-refractivity contribution in [2.75, 3.05) is 13.1 Å². The number of phenolic OH excluding ortho intramolecular Hbond substituents is 1. The third-order valence-corrected chi connectivity index (χ3v) is 2.83. The zero-order chi connectivity index (χ0) is 14.3. The highest BCUT2D eigenvalue weighted by atomic mass is 19.1. The minimum absolute atomic E-state index is 0.00925. The van der Waals surface area contributed by atoms with E-state index in [1.165, 1.54) is 18.2 Å². The normalized spacial score (nSPS) is 12.2. The molecule has 0 bridgehead atoms. The third-order valence-electron chi connectivity index (χ3n) is 2.83. The first-order valence-electron chi connectivity index (χ1n) is 6.53. The van der Waals surface area contributed by atoms with E-state index in [1.807, 2.05) is 13.8 Å². The lowest BCUT2D eigenvalue weighted by atomic mass is 10.1. The van der Waals surface area contributed by atoms with Gasteiger partial charge in [0.25, 0.3) is 0 Å². The Hall–Kier alpha value is -1.62. The minimum Gasteiger partial charge on any atom is -0.508 e. The lowest BCUT2D eigenvalue weighted by Crippen LogP contribution is -2.29. The Morgan fingerprint density at radius 1 is 1.42 bits per heavy atom. The molecule has 1 atom stereocenters. The van der Waals surface area contributed by atoms with E-state index in [-0.39, 0.29) is 23.5 Å². The molecule has 0 aromatic heterocycles. The summed E-state index contributed by atoms with van der Waals surface area (Å²) < 4.78 is 13.1. The van der Waals surface area contributed by atoms with Gasteiger partial charge in [0, 0.05) is 31.1 Å². The highest BCUT2D eigenvalue weighted by molar-refractivity contribution is 5.75. The van der Waals surface area contributed by atoms with Crippen LogP contribution in [-0.4, -0.2) is 24.1 Å². The van der Waals surface area contributed by atoms with Crippen molar-refractivity contribution in [3.8, 4) is 5.75 Å². The Bertz CT molecular complexity index is 424. The monoisotopic (exact) mass is 268 g/mol. The molecule has 3 N–H and O–H groups in total. The van der Waals surface area contributed by atoms with Crippen LogP contribution in [0.5, 0.6) is 5.75 Å². The number of rotatable bonds is 7. The van der Waals surface area contributed by atoms with Crippen molar-refractivity contribution in [1.29, 1.82) is 0 Å². The first kappa shape index (κ1) is 15.4. The topological polar surface area (TPSA) is 61.4 Å². The lowest BCUT2D eigenvalue weighted by molar-refractivity contribution is -0.121. The molecule has 0 spiro atoms. The second-order valence-electron chi connectivity index (χ2n) is 4.48. The van der Waals surface area contributed by atoms with Gasteiger partial charge >= 0.3 is 0 Å². The summed E-state index contributed by atoms with van der Waals surface area (Å²) in [7, 11) is 0. The van der Waals surface area contributed by atoms with E-state index < -0.39 is 0 Å². The molecule has 0 saturated carbocycles. The van der Waals surface area contributed by atoms with Crippen LogP contribution in [0.3, 0.4) is 0 Å². The fraction of sp³-hybridized carbons (Fsp3) is 0.500. The van der Waals surface area contributed by atoms with E-state index in [0.717, 1.165) is 6.42 Å². The second-order valence-corrected chi connectivity index (χ2v) is 4.48. The average Bonchev–Trinajstić information content (AvgIpc) is 2.39. The van der Waals surface area contributed by atoms with Crippen molar-refractivity contribution < 1.29 is 14.3 Å². The lowest BCUT2D eigenvalue weighted by Gasteiger charge is -2.15. The van der Waals surface area contributed by atoms with Crippen LogP contribution in [0, 0.1) is 5.82 Å². The van der Waals surface area contributed by atoms with Crippen LogP contribution in [0.4, 0.5) is 4.39 Å². The average molecular weight is 268 g/mol. The van der Waals surface area contributed by atoms with Crippen molar-refractivity contribution in [3.05, 3.63) is 29.6 Å². The Kier molecular flexibility index (Phi) is 6.29. The van der Waals surface area contributed by atoms with Gasteiger partial charge in [-0.25, -0.2) is 4.39 Å². The van der Waals surface area contributed by atoms with E-state index in [4.69, 9.17) is 0 Å². The van der Waals surface area contributed by atoms with Gasteiger partial charge in [-0.2, -0.15) is 0 Å². The zero-order valence-corrected chi connectivity index (χ0v) is 11.4. The first-order chi connectivity index (χ1) is 9.04. The van der Waals surface area contributed by atoms with E-state index in [2.05, 4.69) is 10.6 Å². The van der Waals surface area contributed by atoms with Crippen LogP contribution >= 0.6 is 0 Å².